The number of carbonyl (C=O) groups is 1. The van der Waals surface area contributed by atoms with E-state index >= 15 is 0 Å². The number of hydrogen-bond donors (Lipinski definition) is 1. The third-order valence-corrected chi connectivity index (χ3v) is 5.43. The number of ether oxygens (including phenoxy) is 1. The van der Waals surface area contributed by atoms with Crippen LogP contribution >= 0.6 is 22.9 Å². The molecular weight excluding hydrogens is 390 g/mol. The van der Waals surface area contributed by atoms with Gasteiger partial charge in [0, 0.05) is 17.2 Å². The van der Waals surface area contributed by atoms with Crippen molar-refractivity contribution in [1.82, 2.24) is 4.98 Å². The van der Waals surface area contributed by atoms with Crippen molar-refractivity contribution in [2.24, 2.45) is 0 Å². The summed E-state index contributed by atoms with van der Waals surface area (Å²) in [6.45, 7) is 5.37. The molecule has 0 aliphatic heterocycles. The first-order valence-electron chi connectivity index (χ1n) is 8.04. The number of nitro groups is 1. The van der Waals surface area contributed by atoms with Gasteiger partial charge in [-0.3, -0.25) is 20.2 Å². The number of halogens is 1. The molecule has 2 aromatic carbocycles. The van der Waals surface area contributed by atoms with Crippen molar-refractivity contribution in [2.75, 3.05) is 5.32 Å². The quantitative estimate of drug-likeness (QED) is 0.482. The molecule has 7 nitrogen and oxygen atoms in total. The van der Waals surface area contributed by atoms with Crippen LogP contribution < -0.4 is 10.1 Å². The Kier molecular flexibility index (Phi) is 5.29. The van der Waals surface area contributed by atoms with E-state index < -0.39 is 11.0 Å². The van der Waals surface area contributed by atoms with Crippen molar-refractivity contribution in [1.29, 1.82) is 0 Å². The van der Waals surface area contributed by atoms with Gasteiger partial charge >= 0.3 is 0 Å². The molecule has 0 bridgehead atoms. The minimum Gasteiger partial charge on any atom is -0.481 e. The molecule has 1 heterocycles. The van der Waals surface area contributed by atoms with E-state index in [4.69, 9.17) is 16.3 Å². The molecule has 9 heteroatoms. The summed E-state index contributed by atoms with van der Waals surface area (Å²) in [5.74, 6) is 0.186. The van der Waals surface area contributed by atoms with Gasteiger partial charge in [-0.1, -0.05) is 22.9 Å². The first kappa shape index (κ1) is 19.1. The highest BCUT2D eigenvalue weighted by atomic mass is 35.5. The van der Waals surface area contributed by atoms with E-state index in [1.165, 1.54) is 23.5 Å². The predicted molar refractivity (Wildman–Crippen MR) is 106 cm³/mol. The van der Waals surface area contributed by atoms with Gasteiger partial charge in [-0.2, -0.15) is 0 Å². The van der Waals surface area contributed by atoms with Crippen molar-refractivity contribution in [3.8, 4) is 5.75 Å². The third kappa shape index (κ3) is 4.17. The lowest BCUT2D eigenvalue weighted by Crippen LogP contribution is -2.30. The summed E-state index contributed by atoms with van der Waals surface area (Å²) in [5, 5.41) is 14.6. The highest BCUT2D eigenvalue weighted by Gasteiger charge is 2.18. The van der Waals surface area contributed by atoms with Crippen molar-refractivity contribution in [2.45, 2.75) is 26.9 Å². The van der Waals surface area contributed by atoms with Gasteiger partial charge in [0.05, 0.1) is 15.1 Å². The minimum atomic E-state index is -0.758. The van der Waals surface area contributed by atoms with Crippen LogP contribution in [0.5, 0.6) is 5.75 Å². The summed E-state index contributed by atoms with van der Waals surface area (Å²) in [6.07, 6.45) is -0.758. The minimum absolute atomic E-state index is 0.0193. The van der Waals surface area contributed by atoms with Gasteiger partial charge in [0.1, 0.15) is 5.75 Å². The molecular formula is C18H16ClN3O4S. The summed E-state index contributed by atoms with van der Waals surface area (Å²) < 4.78 is 6.33. The van der Waals surface area contributed by atoms with Gasteiger partial charge in [-0.15, -0.1) is 0 Å². The van der Waals surface area contributed by atoms with E-state index in [-0.39, 0.29) is 11.6 Å². The van der Waals surface area contributed by atoms with Gasteiger partial charge in [-0.25, -0.2) is 4.98 Å². The number of benzene rings is 2. The molecule has 0 saturated heterocycles. The second-order valence-electron chi connectivity index (χ2n) is 6.05. The number of fused-ring (bicyclic) bond motifs is 1. The highest BCUT2D eigenvalue weighted by molar-refractivity contribution is 7.22. The van der Waals surface area contributed by atoms with Gasteiger partial charge in [0.2, 0.25) is 0 Å². The Balaban J connectivity index is 1.72. The average molecular weight is 406 g/mol. The number of rotatable bonds is 5. The number of anilines is 1. The highest BCUT2D eigenvalue weighted by Crippen LogP contribution is 2.30. The van der Waals surface area contributed by atoms with Gasteiger partial charge < -0.3 is 4.74 Å². The van der Waals surface area contributed by atoms with Crippen molar-refractivity contribution in [3.63, 3.8) is 0 Å². The second-order valence-corrected chi connectivity index (χ2v) is 7.46. The number of nitro benzene ring substituents is 1. The van der Waals surface area contributed by atoms with Crippen molar-refractivity contribution >= 4 is 49.9 Å². The number of nitrogens with one attached hydrogen (secondary N) is 1. The van der Waals surface area contributed by atoms with E-state index in [1.807, 2.05) is 13.8 Å². The lowest BCUT2D eigenvalue weighted by atomic mass is 10.1. The fourth-order valence-electron chi connectivity index (χ4n) is 2.52. The lowest BCUT2D eigenvalue weighted by Gasteiger charge is -2.15. The van der Waals surface area contributed by atoms with Crippen molar-refractivity contribution in [3.05, 3.63) is 56.6 Å². The largest absolute Gasteiger partial charge is 0.481 e. The maximum atomic E-state index is 12.4. The monoisotopic (exact) mass is 405 g/mol. The number of aryl methyl sites for hydroxylation is 2. The number of nitrogens with zero attached hydrogens (tertiary/aromatic N) is 2. The fourth-order valence-corrected chi connectivity index (χ4v) is 3.53. The predicted octanol–water partition coefficient (Wildman–Crippen LogP) is 4.88. The number of non-ortho nitro benzene ring substituents is 1. The lowest BCUT2D eigenvalue weighted by molar-refractivity contribution is -0.384. The number of thiazole rings is 1. The molecule has 0 aliphatic rings. The summed E-state index contributed by atoms with van der Waals surface area (Å²) in [6, 6.07) is 7.91. The maximum Gasteiger partial charge on any atom is 0.270 e. The SMILES string of the molecule is Cc1cc(O[C@H](C)C(=O)Nc2nc3ccc([N+](=O)[O-])cc3s2)cc(C)c1Cl. The molecule has 0 spiro atoms. The number of aromatic nitrogens is 1. The molecule has 0 fully saturated rings. The van der Waals surface area contributed by atoms with E-state index in [1.54, 1.807) is 25.1 Å². The van der Waals surface area contributed by atoms with Crippen LogP contribution in [-0.2, 0) is 4.79 Å². The van der Waals surface area contributed by atoms with Crippen LogP contribution in [0.15, 0.2) is 30.3 Å². The van der Waals surface area contributed by atoms with Crippen LogP contribution in [0.4, 0.5) is 10.8 Å². The molecule has 1 aromatic heterocycles. The fraction of sp³-hybridized carbons (Fsp3) is 0.222. The molecule has 1 N–H and O–H groups in total. The van der Waals surface area contributed by atoms with E-state index in [0.717, 1.165) is 11.1 Å². The first-order valence-corrected chi connectivity index (χ1v) is 9.23. The summed E-state index contributed by atoms with van der Waals surface area (Å²) in [5.41, 5.74) is 2.30. The second kappa shape index (κ2) is 7.50. The molecule has 27 heavy (non-hydrogen) atoms. The third-order valence-electron chi connectivity index (χ3n) is 3.91. The summed E-state index contributed by atoms with van der Waals surface area (Å²) in [4.78, 5) is 27.1. The maximum absolute atomic E-state index is 12.4. The van der Waals surface area contributed by atoms with Crippen LogP contribution in [0.1, 0.15) is 18.1 Å². The van der Waals surface area contributed by atoms with Crippen LogP contribution in [0.3, 0.4) is 0 Å². The number of amides is 1. The van der Waals surface area contributed by atoms with Crippen molar-refractivity contribution < 1.29 is 14.5 Å². The normalized spacial score (nSPS) is 12.0. The summed E-state index contributed by atoms with van der Waals surface area (Å²) in [7, 11) is 0. The molecule has 3 rings (SSSR count). The van der Waals surface area contributed by atoms with Gasteiger partial charge in [-0.05, 0) is 50.1 Å². The Bertz CT molecular complexity index is 1030. The molecule has 0 radical (unpaired) electrons. The standard InChI is InChI=1S/C18H16ClN3O4S/c1-9-6-13(7-10(2)16(9)19)26-11(3)17(23)21-18-20-14-5-4-12(22(24)25)8-15(14)27-18/h4-8,11H,1-3H3,(H,20,21,23)/t11-/m1/s1. The molecule has 1 atom stereocenters. The molecule has 3 aromatic rings. The average Bonchev–Trinajstić information content (AvgIpc) is 3.00. The topological polar surface area (TPSA) is 94.4 Å². The summed E-state index contributed by atoms with van der Waals surface area (Å²) >= 11 is 7.31. The zero-order valence-corrected chi connectivity index (χ0v) is 16.4. The molecule has 0 aliphatic carbocycles. The van der Waals surface area contributed by atoms with Gasteiger partial charge in [0.15, 0.2) is 11.2 Å². The van der Waals surface area contributed by atoms with Gasteiger partial charge in [0.25, 0.3) is 11.6 Å². The Morgan fingerprint density at radius 2 is 1.96 bits per heavy atom. The zero-order chi connectivity index (χ0) is 19.7. The molecule has 0 saturated carbocycles. The van der Waals surface area contributed by atoms with Crippen LogP contribution in [0.25, 0.3) is 10.2 Å². The first-order chi connectivity index (χ1) is 12.7. The number of carbonyl (C=O) groups excluding carboxylic acids is 1. The molecule has 1 amide bonds. The van der Waals surface area contributed by atoms with E-state index in [9.17, 15) is 14.9 Å². The Labute approximate surface area is 164 Å². The Morgan fingerprint density at radius 3 is 2.59 bits per heavy atom. The number of hydrogen-bond acceptors (Lipinski definition) is 6. The van der Waals surface area contributed by atoms with E-state index in [2.05, 4.69) is 10.3 Å². The smallest absolute Gasteiger partial charge is 0.270 e. The van der Waals surface area contributed by atoms with Crippen LogP contribution in [0, 0.1) is 24.0 Å². The zero-order valence-electron chi connectivity index (χ0n) is 14.8. The van der Waals surface area contributed by atoms with E-state index in [0.29, 0.717) is 26.1 Å². The Hall–Kier alpha value is -2.71. The van der Waals surface area contributed by atoms with Crippen LogP contribution in [-0.4, -0.2) is 21.9 Å². The van der Waals surface area contributed by atoms with Crippen LogP contribution in [0.2, 0.25) is 5.02 Å². The Morgan fingerprint density at radius 1 is 1.30 bits per heavy atom. The molecule has 0 unspecified atom stereocenters. The molecule has 140 valence electrons.